The Morgan fingerprint density at radius 3 is 2.79 bits per heavy atom. The Morgan fingerprint density at radius 2 is 2.10 bits per heavy atom. The van der Waals surface area contributed by atoms with E-state index in [0.717, 1.165) is 5.82 Å². The number of ether oxygens (including phenoxy) is 1. The molecule has 0 radical (unpaired) electrons. The van der Waals surface area contributed by atoms with Gasteiger partial charge in [0.05, 0.1) is 24.1 Å². The summed E-state index contributed by atoms with van der Waals surface area (Å²) in [4.78, 5) is 31.9. The molecule has 1 saturated heterocycles. The van der Waals surface area contributed by atoms with Gasteiger partial charge in [0.15, 0.2) is 0 Å². The van der Waals surface area contributed by atoms with Crippen LogP contribution in [0.5, 0.6) is 0 Å². The number of nitrogens with one attached hydrogen (secondary N) is 2. The molecule has 3 heterocycles. The molecular weight excluding hydrogens is 374 g/mol. The first-order valence-electron chi connectivity index (χ1n) is 9.33. The topological polar surface area (TPSA) is 127 Å². The smallest absolute Gasteiger partial charge is 0.269 e. The lowest BCUT2D eigenvalue weighted by molar-refractivity contribution is -0.136. The Bertz CT molecular complexity index is 928. The largest absolute Gasteiger partial charge is 0.381 e. The summed E-state index contributed by atoms with van der Waals surface area (Å²) < 4.78 is 5.46. The van der Waals surface area contributed by atoms with E-state index in [1.54, 1.807) is 30.3 Å². The van der Waals surface area contributed by atoms with E-state index < -0.39 is 0 Å². The minimum Gasteiger partial charge on any atom is -0.381 e. The van der Waals surface area contributed by atoms with Gasteiger partial charge in [0.1, 0.15) is 18.5 Å². The summed E-state index contributed by atoms with van der Waals surface area (Å²) in [5.74, 6) is 0.759. The Hall–Kier alpha value is -3.45. The summed E-state index contributed by atoms with van der Waals surface area (Å²) in [5.41, 5.74) is 1.50. The normalized spacial score (nSPS) is 13.8. The van der Waals surface area contributed by atoms with Crippen molar-refractivity contribution in [3.05, 3.63) is 46.0 Å². The van der Waals surface area contributed by atoms with Crippen LogP contribution >= 0.6 is 0 Å². The second kappa shape index (κ2) is 9.66. The fourth-order valence-electron chi connectivity index (χ4n) is 2.97. The highest BCUT2D eigenvalue weighted by atomic mass is 16.5. The summed E-state index contributed by atoms with van der Waals surface area (Å²) in [6, 6.07) is 5.62. The summed E-state index contributed by atoms with van der Waals surface area (Å²) in [6.07, 6.45) is 3.10. The molecule has 10 nitrogen and oxygen atoms in total. The molecule has 2 aromatic rings. The zero-order chi connectivity index (χ0) is 20.6. The van der Waals surface area contributed by atoms with E-state index >= 15 is 0 Å². The number of pyridine rings is 1. The van der Waals surface area contributed by atoms with Crippen LogP contribution in [-0.4, -0.2) is 71.9 Å². The van der Waals surface area contributed by atoms with Crippen LogP contribution in [0.25, 0.3) is 0 Å². The van der Waals surface area contributed by atoms with Gasteiger partial charge in [-0.3, -0.25) is 9.59 Å². The summed E-state index contributed by atoms with van der Waals surface area (Å²) >= 11 is 0. The highest BCUT2D eigenvalue weighted by molar-refractivity contribution is 5.77. The van der Waals surface area contributed by atoms with Crippen molar-refractivity contribution in [2.45, 2.75) is 6.92 Å². The predicted octanol–water partition coefficient (Wildman–Crippen LogP) is 0.122. The maximum Gasteiger partial charge on any atom is 0.269 e. The number of H-pyrrole nitrogens is 1. The molecule has 0 spiro atoms. The highest BCUT2D eigenvalue weighted by Gasteiger charge is 2.21. The van der Waals surface area contributed by atoms with Gasteiger partial charge in [-0.25, -0.2) is 10.1 Å². The van der Waals surface area contributed by atoms with E-state index in [2.05, 4.69) is 31.5 Å². The Labute approximate surface area is 168 Å². The number of anilines is 2. The first-order valence-corrected chi connectivity index (χ1v) is 9.33. The molecule has 10 heteroatoms. The van der Waals surface area contributed by atoms with E-state index in [-0.39, 0.29) is 18.1 Å². The van der Waals surface area contributed by atoms with Crippen molar-refractivity contribution >= 4 is 17.4 Å². The number of nitrogens with zero attached hydrogens (tertiary/aromatic N) is 5. The molecule has 0 aromatic carbocycles. The third kappa shape index (κ3) is 5.30. The van der Waals surface area contributed by atoms with Crippen molar-refractivity contribution in [3.8, 4) is 6.07 Å². The number of amides is 1. The molecule has 0 saturated carbocycles. The minimum absolute atomic E-state index is 0.0173. The number of hydrogen-bond donors (Lipinski definition) is 2. The van der Waals surface area contributed by atoms with Crippen LogP contribution in [0.2, 0.25) is 0 Å². The summed E-state index contributed by atoms with van der Waals surface area (Å²) in [5, 5.41) is 18.0. The number of carbonyl (C=O) groups is 1. The van der Waals surface area contributed by atoms with Crippen molar-refractivity contribution in [1.29, 1.82) is 5.26 Å². The molecule has 0 bridgehead atoms. The van der Waals surface area contributed by atoms with Gasteiger partial charge in [0.25, 0.3) is 5.56 Å². The molecule has 1 aliphatic rings. The van der Waals surface area contributed by atoms with E-state index in [1.807, 2.05) is 6.07 Å². The van der Waals surface area contributed by atoms with E-state index in [9.17, 15) is 9.59 Å². The van der Waals surface area contributed by atoms with Crippen molar-refractivity contribution in [3.63, 3.8) is 0 Å². The van der Waals surface area contributed by atoms with Crippen LogP contribution in [-0.2, 0) is 9.53 Å². The number of aromatic amines is 1. The zero-order valence-corrected chi connectivity index (χ0v) is 16.2. The molecular formula is C19H23N7O3. The first kappa shape index (κ1) is 20.3. The minimum atomic E-state index is -0.235. The van der Waals surface area contributed by atoms with Crippen LogP contribution in [0, 0.1) is 18.3 Å². The summed E-state index contributed by atoms with van der Waals surface area (Å²) in [7, 11) is 0. The van der Waals surface area contributed by atoms with Gasteiger partial charge < -0.3 is 19.9 Å². The third-order valence-electron chi connectivity index (χ3n) is 4.73. The van der Waals surface area contributed by atoms with Crippen LogP contribution in [0.15, 0.2) is 29.3 Å². The number of nitriles is 1. The average Bonchev–Trinajstić information content (AvgIpc) is 2.76. The zero-order valence-electron chi connectivity index (χ0n) is 16.2. The number of rotatable bonds is 7. The summed E-state index contributed by atoms with van der Waals surface area (Å²) in [6.45, 7) is 5.09. The molecule has 1 fully saturated rings. The lowest BCUT2D eigenvalue weighted by Crippen LogP contribution is -2.50. The first-order chi connectivity index (χ1) is 14.1. The van der Waals surface area contributed by atoms with Gasteiger partial charge in [0.2, 0.25) is 5.91 Å². The monoisotopic (exact) mass is 397 g/mol. The van der Waals surface area contributed by atoms with Crippen LogP contribution in [0.3, 0.4) is 0 Å². The number of carbonyl (C=O) groups excluding carboxylic acids is 1. The quantitative estimate of drug-likeness (QED) is 0.631. The molecule has 0 aliphatic carbocycles. The van der Waals surface area contributed by atoms with Gasteiger partial charge in [-0.05, 0) is 19.1 Å². The average molecular weight is 397 g/mol. The lowest BCUT2D eigenvalue weighted by Gasteiger charge is -2.35. The second-order valence-electron chi connectivity index (χ2n) is 6.60. The fourth-order valence-corrected chi connectivity index (χ4v) is 2.97. The molecule has 2 N–H and O–H groups in total. The number of piperazine rings is 1. The standard InChI is InChI=1S/C19H23N7O3/c1-14-16(12-23-24-19(14)28)21-4-9-29-13-18(27)26-7-5-25(6-8-26)17-3-2-15(10-20)11-22-17/h2-3,11-12H,4-9,13H2,1H3,(H2,21,24,28). The lowest BCUT2D eigenvalue weighted by atomic mass is 10.2. The maximum absolute atomic E-state index is 12.3. The van der Waals surface area contributed by atoms with E-state index in [0.29, 0.717) is 56.1 Å². The van der Waals surface area contributed by atoms with Gasteiger partial charge in [-0.2, -0.15) is 10.4 Å². The molecule has 1 aliphatic heterocycles. The second-order valence-corrected chi connectivity index (χ2v) is 6.60. The maximum atomic E-state index is 12.3. The Balaban J connectivity index is 1.36. The third-order valence-corrected chi connectivity index (χ3v) is 4.73. The van der Waals surface area contributed by atoms with Gasteiger partial charge in [-0.15, -0.1) is 0 Å². The van der Waals surface area contributed by atoms with E-state index in [4.69, 9.17) is 10.00 Å². The van der Waals surface area contributed by atoms with Gasteiger partial charge in [-0.1, -0.05) is 0 Å². The van der Waals surface area contributed by atoms with Crippen LogP contribution < -0.4 is 15.8 Å². The van der Waals surface area contributed by atoms with Crippen molar-refractivity contribution in [2.24, 2.45) is 0 Å². The Kier molecular flexibility index (Phi) is 6.76. The Morgan fingerprint density at radius 1 is 1.31 bits per heavy atom. The van der Waals surface area contributed by atoms with Crippen molar-refractivity contribution < 1.29 is 9.53 Å². The molecule has 0 atom stereocenters. The molecule has 2 aromatic heterocycles. The van der Waals surface area contributed by atoms with Crippen molar-refractivity contribution in [1.82, 2.24) is 20.1 Å². The molecule has 0 unspecified atom stereocenters. The molecule has 1 amide bonds. The number of hydrogen-bond acceptors (Lipinski definition) is 8. The van der Waals surface area contributed by atoms with E-state index in [1.165, 1.54) is 0 Å². The molecule has 3 rings (SSSR count). The van der Waals surface area contributed by atoms with Crippen LogP contribution in [0.1, 0.15) is 11.1 Å². The van der Waals surface area contributed by atoms with Gasteiger partial charge in [0, 0.05) is 44.5 Å². The predicted molar refractivity (Wildman–Crippen MR) is 107 cm³/mol. The number of aromatic nitrogens is 3. The highest BCUT2D eigenvalue weighted by Crippen LogP contribution is 2.14. The van der Waals surface area contributed by atoms with Crippen LogP contribution in [0.4, 0.5) is 11.5 Å². The molecule has 152 valence electrons. The fraction of sp³-hybridized carbons (Fsp3) is 0.421. The molecule has 29 heavy (non-hydrogen) atoms. The van der Waals surface area contributed by atoms with Gasteiger partial charge >= 0.3 is 0 Å². The SMILES string of the molecule is Cc1c(NCCOCC(=O)N2CCN(c3ccc(C#N)cn3)CC2)cn[nH]c1=O. The van der Waals surface area contributed by atoms with Crippen molar-refractivity contribution in [2.75, 3.05) is 56.2 Å².